The molecule has 0 radical (unpaired) electrons. The van der Waals surface area contributed by atoms with E-state index in [9.17, 15) is 4.79 Å². The molecule has 8 heteroatoms. The number of rotatable bonds is 8. The van der Waals surface area contributed by atoms with Crippen LogP contribution < -0.4 is 0 Å². The number of aldehydes is 1. The second-order valence-electron chi connectivity index (χ2n) is 7.67. The van der Waals surface area contributed by atoms with Crippen molar-refractivity contribution >= 4 is 6.29 Å². The molecule has 33 heavy (non-hydrogen) atoms. The van der Waals surface area contributed by atoms with E-state index >= 15 is 0 Å². The number of carbonyl (C=O) groups is 1. The summed E-state index contributed by atoms with van der Waals surface area (Å²) in [5.41, 5.74) is 5.16. The van der Waals surface area contributed by atoms with Gasteiger partial charge in [-0.25, -0.2) is 4.98 Å². The molecule has 8 nitrogen and oxygen atoms in total. The van der Waals surface area contributed by atoms with Crippen LogP contribution in [0.4, 0.5) is 0 Å². The Balaban J connectivity index is 1.48. The molecule has 0 unspecified atom stereocenters. The number of aromatic amines is 1. The molecule has 0 aliphatic carbocycles. The minimum Gasteiger partial charge on any atom is -0.463 e. The maximum absolute atomic E-state index is 12.0. The van der Waals surface area contributed by atoms with Gasteiger partial charge in [0.1, 0.15) is 17.2 Å². The van der Waals surface area contributed by atoms with Crippen LogP contribution in [-0.2, 0) is 13.0 Å². The number of benzene rings is 2. The third-order valence-electron chi connectivity index (χ3n) is 5.54. The predicted octanol–water partition coefficient (Wildman–Crippen LogP) is 4.80. The Hall–Kier alpha value is -4.33. The number of hydrogen-bond acceptors (Lipinski definition) is 6. The Morgan fingerprint density at radius 2 is 1.85 bits per heavy atom. The summed E-state index contributed by atoms with van der Waals surface area (Å²) in [6.07, 6.45) is 4.16. The van der Waals surface area contributed by atoms with E-state index in [0.29, 0.717) is 29.5 Å². The fourth-order valence-corrected chi connectivity index (χ4v) is 4.00. The van der Waals surface area contributed by atoms with Crippen molar-refractivity contribution in [1.82, 2.24) is 30.2 Å². The largest absolute Gasteiger partial charge is 0.463 e. The van der Waals surface area contributed by atoms with Gasteiger partial charge in [-0.3, -0.25) is 4.79 Å². The van der Waals surface area contributed by atoms with Crippen molar-refractivity contribution < 1.29 is 9.21 Å². The number of aryl methyl sites for hydroxylation is 1. The second-order valence-corrected chi connectivity index (χ2v) is 7.67. The highest BCUT2D eigenvalue weighted by molar-refractivity contribution is 5.83. The highest BCUT2D eigenvalue weighted by atomic mass is 16.3. The smallest absolute Gasteiger partial charge is 0.205 e. The summed E-state index contributed by atoms with van der Waals surface area (Å²) < 4.78 is 7.50. The van der Waals surface area contributed by atoms with Crippen molar-refractivity contribution in [1.29, 1.82) is 0 Å². The van der Waals surface area contributed by atoms with Gasteiger partial charge < -0.3 is 8.98 Å². The number of aromatic nitrogens is 6. The zero-order valence-corrected chi connectivity index (χ0v) is 18.1. The highest BCUT2D eigenvalue weighted by Gasteiger charge is 2.20. The van der Waals surface area contributed by atoms with E-state index in [2.05, 4.69) is 51.8 Å². The molecule has 3 heterocycles. The monoisotopic (exact) mass is 438 g/mol. The minimum atomic E-state index is 0.528. The molecule has 3 aromatic heterocycles. The maximum atomic E-state index is 12.0. The number of nitrogens with one attached hydrogen (secondary N) is 1. The Morgan fingerprint density at radius 1 is 1.03 bits per heavy atom. The van der Waals surface area contributed by atoms with Crippen LogP contribution in [0.3, 0.4) is 0 Å². The summed E-state index contributed by atoms with van der Waals surface area (Å²) in [5.74, 6) is 2.03. The van der Waals surface area contributed by atoms with Gasteiger partial charge in [0.15, 0.2) is 12.0 Å². The van der Waals surface area contributed by atoms with Gasteiger partial charge >= 0.3 is 0 Å². The zero-order valence-electron chi connectivity index (χ0n) is 18.1. The number of tetrazole rings is 1. The van der Waals surface area contributed by atoms with Gasteiger partial charge in [0.25, 0.3) is 0 Å². The molecule has 0 atom stereocenters. The van der Waals surface area contributed by atoms with Gasteiger partial charge in [-0.15, -0.1) is 10.2 Å². The number of nitrogens with zero attached hydrogens (tertiary/aromatic N) is 5. The van der Waals surface area contributed by atoms with Crippen LogP contribution in [0.15, 0.2) is 71.3 Å². The number of imidazole rings is 1. The summed E-state index contributed by atoms with van der Waals surface area (Å²) in [6.45, 7) is 2.64. The van der Waals surface area contributed by atoms with Crippen molar-refractivity contribution in [2.45, 2.75) is 26.3 Å². The van der Waals surface area contributed by atoms with E-state index < -0.39 is 0 Å². The fraction of sp³-hybridized carbons (Fsp3) is 0.160. The Bertz CT molecular complexity index is 1350. The van der Waals surface area contributed by atoms with Crippen molar-refractivity contribution in [3.05, 3.63) is 84.0 Å². The Labute approximate surface area is 190 Å². The molecule has 164 valence electrons. The second kappa shape index (κ2) is 9.04. The summed E-state index contributed by atoms with van der Waals surface area (Å²) in [5, 5.41) is 14.4. The first-order valence-corrected chi connectivity index (χ1v) is 10.8. The van der Waals surface area contributed by atoms with Gasteiger partial charge in [0.05, 0.1) is 6.26 Å². The highest BCUT2D eigenvalue weighted by Crippen LogP contribution is 2.30. The third kappa shape index (κ3) is 3.98. The normalized spacial score (nSPS) is 11.1. The first kappa shape index (κ1) is 20.6. The lowest BCUT2D eigenvalue weighted by molar-refractivity contribution is 0.111. The van der Waals surface area contributed by atoms with Crippen LogP contribution in [0.2, 0.25) is 0 Å². The standard InChI is InChI=1S/C25H22N6O2/c1-2-6-23-26-24(22-9-5-14-33-22)21(16-32)31(23)15-17-10-12-18(13-11-17)19-7-3-4-8-20(19)25-27-29-30-28-25/h3-5,7-14,16H,2,6,15H2,1H3,(H,27,28,29,30). The summed E-state index contributed by atoms with van der Waals surface area (Å²) in [4.78, 5) is 16.7. The fourth-order valence-electron chi connectivity index (χ4n) is 4.00. The summed E-state index contributed by atoms with van der Waals surface area (Å²) >= 11 is 0. The van der Waals surface area contributed by atoms with Crippen LogP contribution in [0, 0.1) is 0 Å². The van der Waals surface area contributed by atoms with E-state index in [1.165, 1.54) is 0 Å². The quantitative estimate of drug-likeness (QED) is 0.349. The van der Waals surface area contributed by atoms with E-state index in [1.807, 2.05) is 34.9 Å². The third-order valence-corrected chi connectivity index (χ3v) is 5.54. The van der Waals surface area contributed by atoms with Gasteiger partial charge in [0.2, 0.25) is 5.82 Å². The van der Waals surface area contributed by atoms with Crippen molar-refractivity contribution in [3.8, 4) is 34.0 Å². The summed E-state index contributed by atoms with van der Waals surface area (Å²) in [7, 11) is 0. The molecule has 0 fully saturated rings. The molecule has 0 bridgehead atoms. The van der Waals surface area contributed by atoms with Gasteiger partial charge in [-0.05, 0) is 40.5 Å². The zero-order chi connectivity index (χ0) is 22.6. The van der Waals surface area contributed by atoms with Crippen molar-refractivity contribution in [2.75, 3.05) is 0 Å². The molecule has 0 saturated carbocycles. The van der Waals surface area contributed by atoms with Gasteiger partial charge in [-0.1, -0.05) is 55.5 Å². The van der Waals surface area contributed by atoms with Gasteiger partial charge in [-0.2, -0.15) is 5.21 Å². The Kier molecular flexibility index (Phi) is 5.63. The van der Waals surface area contributed by atoms with Crippen LogP contribution in [0.5, 0.6) is 0 Å². The molecule has 0 aliphatic rings. The van der Waals surface area contributed by atoms with E-state index in [0.717, 1.165) is 47.2 Å². The number of H-pyrrole nitrogens is 1. The van der Waals surface area contributed by atoms with Crippen LogP contribution >= 0.6 is 0 Å². The van der Waals surface area contributed by atoms with E-state index in [-0.39, 0.29) is 0 Å². The molecule has 0 spiro atoms. The molecule has 0 amide bonds. The molecular formula is C25H22N6O2. The van der Waals surface area contributed by atoms with Crippen LogP contribution in [-0.4, -0.2) is 36.5 Å². The predicted molar refractivity (Wildman–Crippen MR) is 123 cm³/mol. The molecule has 5 aromatic rings. The molecule has 5 rings (SSSR count). The molecule has 1 N–H and O–H groups in total. The SMILES string of the molecule is CCCc1nc(-c2ccco2)c(C=O)n1Cc1ccc(-c2ccccc2-c2nn[nH]n2)cc1. The molecule has 2 aromatic carbocycles. The average Bonchev–Trinajstić information content (AvgIpc) is 3.62. The van der Waals surface area contributed by atoms with Gasteiger partial charge in [0, 0.05) is 18.5 Å². The van der Waals surface area contributed by atoms with Crippen molar-refractivity contribution in [3.63, 3.8) is 0 Å². The summed E-state index contributed by atoms with van der Waals surface area (Å²) in [6, 6.07) is 19.9. The topological polar surface area (TPSA) is 102 Å². The Morgan fingerprint density at radius 3 is 2.52 bits per heavy atom. The molecule has 0 aliphatic heterocycles. The first-order chi connectivity index (χ1) is 16.3. The lowest BCUT2D eigenvalue weighted by atomic mass is 9.98. The maximum Gasteiger partial charge on any atom is 0.205 e. The number of furan rings is 1. The van der Waals surface area contributed by atoms with E-state index in [4.69, 9.17) is 9.40 Å². The molecule has 0 saturated heterocycles. The first-order valence-electron chi connectivity index (χ1n) is 10.8. The average molecular weight is 438 g/mol. The number of hydrogen-bond donors (Lipinski definition) is 1. The van der Waals surface area contributed by atoms with Crippen LogP contribution in [0.25, 0.3) is 34.0 Å². The minimum absolute atomic E-state index is 0.528. The lowest BCUT2D eigenvalue weighted by Gasteiger charge is -2.11. The number of carbonyl (C=O) groups excluding carboxylic acids is 1. The van der Waals surface area contributed by atoms with Crippen molar-refractivity contribution in [2.24, 2.45) is 0 Å². The lowest BCUT2D eigenvalue weighted by Crippen LogP contribution is -2.08. The molecular weight excluding hydrogens is 416 g/mol. The van der Waals surface area contributed by atoms with Crippen LogP contribution in [0.1, 0.15) is 35.2 Å². The van der Waals surface area contributed by atoms with E-state index in [1.54, 1.807) is 12.3 Å².